The number of para-hydroxylation sites is 1. The van der Waals surface area contributed by atoms with Gasteiger partial charge in [-0.3, -0.25) is 9.59 Å². The number of ketones is 1. The zero-order chi connectivity index (χ0) is 23.1. The van der Waals surface area contributed by atoms with Crippen LogP contribution in [0.4, 0.5) is 4.39 Å². The first-order valence-corrected chi connectivity index (χ1v) is 10.6. The predicted molar refractivity (Wildman–Crippen MR) is 121 cm³/mol. The summed E-state index contributed by atoms with van der Waals surface area (Å²) in [5.74, 6) is -1.92. The van der Waals surface area contributed by atoms with E-state index in [0.29, 0.717) is 17.7 Å². The molecular weight excluding hydrogens is 423 g/mol. The summed E-state index contributed by atoms with van der Waals surface area (Å²) in [6.45, 7) is 1.81. The van der Waals surface area contributed by atoms with Crippen LogP contribution in [-0.4, -0.2) is 33.2 Å². The number of carbonyl (C=O) groups is 2. The molecule has 3 heterocycles. The highest BCUT2D eigenvalue weighted by Crippen LogP contribution is 2.40. The number of aromatic nitrogens is 1. The van der Waals surface area contributed by atoms with E-state index in [1.807, 2.05) is 30.5 Å². The van der Waals surface area contributed by atoms with Crippen molar-refractivity contribution >= 4 is 28.4 Å². The Morgan fingerprint density at radius 2 is 1.97 bits per heavy atom. The third kappa shape index (κ3) is 3.51. The molecule has 1 saturated heterocycles. The van der Waals surface area contributed by atoms with E-state index in [1.165, 1.54) is 29.4 Å². The number of hydrogen-bond donors (Lipinski definition) is 2. The van der Waals surface area contributed by atoms with Crippen LogP contribution in [0.2, 0.25) is 0 Å². The standard InChI is InChI=1S/C26H21FN2O4/c1-15-13-16(8-9-19(15)27)24(30)22-23(21-7-4-12-33-21)29(26(32)25(22)31)11-10-17-14-28-20-6-3-2-5-18(17)20/h2-9,12-14,23,28,30H,10-11H2,1H3/b24-22-. The Morgan fingerprint density at radius 1 is 1.15 bits per heavy atom. The normalized spacial score (nSPS) is 17.9. The second-order valence-corrected chi connectivity index (χ2v) is 8.08. The Bertz CT molecular complexity index is 1400. The van der Waals surface area contributed by atoms with Crippen LogP contribution in [0.15, 0.2) is 77.0 Å². The van der Waals surface area contributed by atoms with Crippen LogP contribution in [-0.2, 0) is 16.0 Å². The molecule has 6 nitrogen and oxygen atoms in total. The molecule has 0 saturated carbocycles. The molecule has 1 aliphatic heterocycles. The number of furan rings is 1. The molecule has 1 aliphatic rings. The highest BCUT2D eigenvalue weighted by Gasteiger charge is 2.47. The van der Waals surface area contributed by atoms with Gasteiger partial charge in [0.1, 0.15) is 23.4 Å². The number of aliphatic hydroxyl groups is 1. The highest BCUT2D eigenvalue weighted by atomic mass is 19.1. The summed E-state index contributed by atoms with van der Waals surface area (Å²) < 4.78 is 19.3. The molecule has 0 spiro atoms. The molecular formula is C26H21FN2O4. The molecule has 1 fully saturated rings. The number of carbonyl (C=O) groups excluding carboxylic acids is 2. The minimum atomic E-state index is -0.879. The number of aliphatic hydroxyl groups excluding tert-OH is 1. The number of likely N-dealkylation sites (tertiary alicyclic amines) is 1. The molecule has 0 radical (unpaired) electrons. The van der Waals surface area contributed by atoms with Gasteiger partial charge in [0.2, 0.25) is 0 Å². The average Bonchev–Trinajstić information content (AvgIpc) is 3.54. The Balaban J connectivity index is 1.54. The maximum Gasteiger partial charge on any atom is 0.295 e. The van der Waals surface area contributed by atoms with E-state index in [4.69, 9.17) is 4.42 Å². The lowest BCUT2D eigenvalue weighted by molar-refractivity contribution is -0.140. The minimum Gasteiger partial charge on any atom is -0.507 e. The molecule has 33 heavy (non-hydrogen) atoms. The van der Waals surface area contributed by atoms with E-state index in [0.717, 1.165) is 16.5 Å². The van der Waals surface area contributed by atoms with Gasteiger partial charge in [-0.15, -0.1) is 0 Å². The van der Waals surface area contributed by atoms with Gasteiger partial charge in [0.25, 0.3) is 11.7 Å². The van der Waals surface area contributed by atoms with Crippen molar-refractivity contribution in [2.75, 3.05) is 6.54 Å². The quantitative estimate of drug-likeness (QED) is 0.261. The fourth-order valence-electron chi connectivity index (χ4n) is 4.38. The lowest BCUT2D eigenvalue weighted by Crippen LogP contribution is -2.31. The van der Waals surface area contributed by atoms with E-state index < -0.39 is 23.5 Å². The number of aryl methyl sites for hydroxylation is 1. The summed E-state index contributed by atoms with van der Waals surface area (Å²) in [5, 5.41) is 12.1. The van der Waals surface area contributed by atoms with Crippen molar-refractivity contribution in [2.24, 2.45) is 0 Å². The number of fused-ring (bicyclic) bond motifs is 1. The van der Waals surface area contributed by atoms with Crippen LogP contribution in [0.25, 0.3) is 16.7 Å². The third-order valence-electron chi connectivity index (χ3n) is 6.08. The first kappa shape index (κ1) is 20.8. The number of Topliss-reactive ketones (excluding diaryl/α,β-unsaturated/α-hetero) is 1. The number of rotatable bonds is 5. The van der Waals surface area contributed by atoms with Crippen LogP contribution >= 0.6 is 0 Å². The van der Waals surface area contributed by atoms with Gasteiger partial charge in [-0.25, -0.2) is 4.39 Å². The van der Waals surface area contributed by atoms with Crippen LogP contribution < -0.4 is 0 Å². The molecule has 1 atom stereocenters. The molecule has 2 aromatic heterocycles. The number of aromatic amines is 1. The lowest BCUT2D eigenvalue weighted by atomic mass is 9.98. The summed E-state index contributed by atoms with van der Waals surface area (Å²) in [6.07, 6.45) is 3.85. The first-order valence-electron chi connectivity index (χ1n) is 10.6. The van der Waals surface area contributed by atoms with Gasteiger partial charge in [-0.1, -0.05) is 18.2 Å². The second kappa shape index (κ2) is 8.09. The van der Waals surface area contributed by atoms with Gasteiger partial charge < -0.3 is 19.4 Å². The molecule has 4 aromatic rings. The van der Waals surface area contributed by atoms with E-state index in [-0.39, 0.29) is 23.4 Å². The Morgan fingerprint density at radius 3 is 2.73 bits per heavy atom. The molecule has 2 N–H and O–H groups in total. The topological polar surface area (TPSA) is 86.5 Å². The van der Waals surface area contributed by atoms with Crippen LogP contribution in [0.1, 0.15) is 28.5 Å². The van der Waals surface area contributed by atoms with Gasteiger partial charge in [-0.05, 0) is 60.9 Å². The molecule has 0 aliphatic carbocycles. The number of nitrogens with zero attached hydrogens (tertiary/aromatic N) is 1. The van der Waals surface area contributed by atoms with Crippen molar-refractivity contribution < 1.29 is 23.5 Å². The Hall–Kier alpha value is -4.13. The predicted octanol–water partition coefficient (Wildman–Crippen LogP) is 4.87. The Labute approximate surface area is 188 Å². The number of hydrogen-bond acceptors (Lipinski definition) is 4. The fourth-order valence-corrected chi connectivity index (χ4v) is 4.38. The van der Waals surface area contributed by atoms with E-state index in [9.17, 15) is 19.1 Å². The summed E-state index contributed by atoms with van der Waals surface area (Å²) in [6, 6.07) is 14.4. The van der Waals surface area contributed by atoms with Crippen LogP contribution in [0.5, 0.6) is 0 Å². The summed E-state index contributed by atoms with van der Waals surface area (Å²) in [7, 11) is 0. The lowest BCUT2D eigenvalue weighted by Gasteiger charge is -2.23. The smallest absolute Gasteiger partial charge is 0.295 e. The van der Waals surface area contributed by atoms with Crippen molar-refractivity contribution in [2.45, 2.75) is 19.4 Å². The van der Waals surface area contributed by atoms with Crippen molar-refractivity contribution in [1.82, 2.24) is 9.88 Å². The van der Waals surface area contributed by atoms with Crippen molar-refractivity contribution in [1.29, 1.82) is 0 Å². The number of amides is 1. The minimum absolute atomic E-state index is 0.0696. The molecule has 7 heteroatoms. The second-order valence-electron chi connectivity index (χ2n) is 8.08. The molecule has 1 amide bonds. The Kier molecular flexibility index (Phi) is 5.09. The number of benzene rings is 2. The average molecular weight is 444 g/mol. The van der Waals surface area contributed by atoms with Gasteiger partial charge in [0.15, 0.2) is 0 Å². The van der Waals surface area contributed by atoms with Gasteiger partial charge >= 0.3 is 0 Å². The van der Waals surface area contributed by atoms with Gasteiger partial charge in [0.05, 0.1) is 11.8 Å². The first-order chi connectivity index (χ1) is 16.0. The molecule has 0 bridgehead atoms. The molecule has 166 valence electrons. The van der Waals surface area contributed by atoms with E-state index in [1.54, 1.807) is 19.1 Å². The van der Waals surface area contributed by atoms with Gasteiger partial charge in [-0.2, -0.15) is 0 Å². The number of H-pyrrole nitrogens is 1. The van der Waals surface area contributed by atoms with Crippen molar-refractivity contribution in [3.63, 3.8) is 0 Å². The largest absolute Gasteiger partial charge is 0.507 e. The summed E-state index contributed by atoms with van der Waals surface area (Å²) >= 11 is 0. The van der Waals surface area contributed by atoms with Crippen LogP contribution in [0, 0.1) is 12.7 Å². The van der Waals surface area contributed by atoms with Crippen molar-refractivity contribution in [3.05, 3.63) is 101 Å². The number of nitrogens with one attached hydrogen (secondary N) is 1. The maximum absolute atomic E-state index is 13.7. The fraction of sp³-hybridized carbons (Fsp3) is 0.154. The summed E-state index contributed by atoms with van der Waals surface area (Å²) in [4.78, 5) is 30.7. The monoisotopic (exact) mass is 444 g/mol. The molecule has 2 aromatic carbocycles. The zero-order valence-corrected chi connectivity index (χ0v) is 17.8. The SMILES string of the molecule is Cc1cc(/C(O)=C2/C(=O)C(=O)N(CCc3c[nH]c4ccccc34)C2c2ccco2)ccc1F. The maximum atomic E-state index is 13.7. The van der Waals surface area contributed by atoms with E-state index in [2.05, 4.69) is 4.98 Å². The molecule has 1 unspecified atom stereocenters. The highest BCUT2D eigenvalue weighted by molar-refractivity contribution is 6.46. The van der Waals surface area contributed by atoms with E-state index >= 15 is 0 Å². The number of halogens is 1. The van der Waals surface area contributed by atoms with Crippen LogP contribution in [0.3, 0.4) is 0 Å². The summed E-state index contributed by atoms with van der Waals surface area (Å²) in [5.41, 5.74) is 2.52. The van der Waals surface area contributed by atoms with Crippen molar-refractivity contribution in [3.8, 4) is 0 Å². The third-order valence-corrected chi connectivity index (χ3v) is 6.08. The zero-order valence-electron chi connectivity index (χ0n) is 17.8. The van der Waals surface area contributed by atoms with Gasteiger partial charge in [0, 0.05) is 29.2 Å². The molecule has 5 rings (SSSR count).